The second-order valence-electron chi connectivity index (χ2n) is 9.56. The van der Waals surface area contributed by atoms with Crippen LogP contribution >= 0.6 is 11.6 Å². The zero-order valence-electron chi connectivity index (χ0n) is 20.1. The zero-order chi connectivity index (χ0) is 25.4. The first-order valence-electron chi connectivity index (χ1n) is 12.0. The molecule has 0 aliphatic heterocycles. The summed E-state index contributed by atoms with van der Waals surface area (Å²) < 4.78 is 39.4. The molecule has 0 unspecified atom stereocenters. The van der Waals surface area contributed by atoms with Crippen LogP contribution in [0.5, 0.6) is 11.5 Å². The topological polar surface area (TPSA) is 106 Å². The monoisotopic (exact) mass is 522 g/mol. The maximum absolute atomic E-state index is 13.4. The molecule has 194 valence electrons. The SMILES string of the molecule is COc1cc(Nc2nc(NC3CCC(O)CC3)nc3c2ncn3CC2CC(F)(F)C2)cc(OC)c1Cl. The van der Waals surface area contributed by atoms with E-state index in [9.17, 15) is 13.9 Å². The number of ether oxygens (including phenoxy) is 2. The van der Waals surface area contributed by atoms with Crippen LogP contribution in [0.1, 0.15) is 38.5 Å². The van der Waals surface area contributed by atoms with Crippen LogP contribution in [0.4, 0.5) is 26.2 Å². The third-order valence-corrected chi connectivity index (χ3v) is 7.20. The van der Waals surface area contributed by atoms with Gasteiger partial charge in [0.25, 0.3) is 0 Å². The summed E-state index contributed by atoms with van der Waals surface area (Å²) >= 11 is 6.31. The smallest absolute Gasteiger partial charge is 0.248 e. The number of aliphatic hydroxyl groups is 1. The van der Waals surface area contributed by atoms with Crippen molar-refractivity contribution in [2.24, 2.45) is 5.92 Å². The van der Waals surface area contributed by atoms with Gasteiger partial charge < -0.3 is 29.8 Å². The molecule has 0 amide bonds. The number of aliphatic hydroxyl groups excluding tert-OH is 1. The Bertz CT molecular complexity index is 1220. The van der Waals surface area contributed by atoms with Crippen molar-refractivity contribution in [3.05, 3.63) is 23.5 Å². The lowest BCUT2D eigenvalue weighted by atomic mass is 9.81. The summed E-state index contributed by atoms with van der Waals surface area (Å²) in [6.45, 7) is 0.403. The Morgan fingerprint density at radius 1 is 1.11 bits per heavy atom. The van der Waals surface area contributed by atoms with Gasteiger partial charge in [-0.15, -0.1) is 0 Å². The molecule has 0 bridgehead atoms. The number of rotatable bonds is 8. The predicted octanol–water partition coefficient (Wildman–Crippen LogP) is 5.00. The van der Waals surface area contributed by atoms with Crippen LogP contribution in [0.15, 0.2) is 18.5 Å². The van der Waals surface area contributed by atoms with E-state index in [1.165, 1.54) is 14.2 Å². The minimum absolute atomic E-state index is 0.121. The summed E-state index contributed by atoms with van der Waals surface area (Å²) in [4.78, 5) is 13.9. The zero-order valence-corrected chi connectivity index (χ0v) is 20.9. The third kappa shape index (κ3) is 5.12. The molecule has 0 saturated heterocycles. The lowest BCUT2D eigenvalue weighted by molar-refractivity contribution is -0.113. The molecule has 0 atom stereocenters. The Labute approximate surface area is 212 Å². The van der Waals surface area contributed by atoms with Gasteiger partial charge in [0.2, 0.25) is 11.9 Å². The maximum Gasteiger partial charge on any atom is 0.248 e. The van der Waals surface area contributed by atoms with Crippen LogP contribution in [0.2, 0.25) is 5.02 Å². The van der Waals surface area contributed by atoms with Crippen molar-refractivity contribution in [3.8, 4) is 11.5 Å². The highest BCUT2D eigenvalue weighted by Crippen LogP contribution is 2.43. The van der Waals surface area contributed by atoms with E-state index in [4.69, 9.17) is 26.1 Å². The second kappa shape index (κ2) is 9.85. The van der Waals surface area contributed by atoms with E-state index in [1.54, 1.807) is 23.0 Å². The van der Waals surface area contributed by atoms with Gasteiger partial charge in [-0.1, -0.05) is 11.6 Å². The third-order valence-electron chi connectivity index (χ3n) is 6.83. The first-order chi connectivity index (χ1) is 17.2. The molecule has 2 saturated carbocycles. The lowest BCUT2D eigenvalue weighted by Gasteiger charge is -2.35. The fraction of sp³-hybridized carbons (Fsp3) is 0.542. The number of nitrogens with zero attached hydrogens (tertiary/aromatic N) is 4. The molecule has 0 spiro atoms. The summed E-state index contributed by atoms with van der Waals surface area (Å²) in [6, 6.07) is 3.57. The summed E-state index contributed by atoms with van der Waals surface area (Å²) in [7, 11) is 3.03. The Morgan fingerprint density at radius 2 is 1.78 bits per heavy atom. The molecule has 36 heavy (non-hydrogen) atoms. The quantitative estimate of drug-likeness (QED) is 0.379. The molecule has 3 N–H and O–H groups in total. The Morgan fingerprint density at radius 3 is 2.39 bits per heavy atom. The van der Waals surface area contributed by atoms with Crippen LogP contribution in [-0.4, -0.2) is 56.9 Å². The molecule has 3 aromatic rings. The average Bonchev–Trinajstić information content (AvgIpc) is 3.23. The Kier molecular flexibility index (Phi) is 6.78. The molecule has 2 aromatic heterocycles. The number of alkyl halides is 2. The van der Waals surface area contributed by atoms with Gasteiger partial charge in [0.05, 0.1) is 26.7 Å². The van der Waals surface area contributed by atoms with Crippen LogP contribution in [0.3, 0.4) is 0 Å². The van der Waals surface area contributed by atoms with Crippen LogP contribution in [0.25, 0.3) is 11.2 Å². The van der Waals surface area contributed by atoms with Crippen LogP contribution < -0.4 is 20.1 Å². The molecule has 1 aromatic carbocycles. The first-order valence-corrected chi connectivity index (χ1v) is 12.4. The largest absolute Gasteiger partial charge is 0.495 e. The highest BCUT2D eigenvalue weighted by molar-refractivity contribution is 6.33. The van der Waals surface area contributed by atoms with Gasteiger partial charge in [0.1, 0.15) is 16.5 Å². The van der Waals surface area contributed by atoms with Crippen molar-refractivity contribution in [2.45, 2.75) is 63.1 Å². The van der Waals surface area contributed by atoms with Crippen molar-refractivity contribution < 1.29 is 23.4 Å². The second-order valence-corrected chi connectivity index (χ2v) is 9.94. The average molecular weight is 523 g/mol. The van der Waals surface area contributed by atoms with Gasteiger partial charge in [-0.25, -0.2) is 13.8 Å². The van der Waals surface area contributed by atoms with E-state index < -0.39 is 5.92 Å². The maximum atomic E-state index is 13.4. The standard InChI is InChI=1S/C24H29ClF2N6O3/c1-35-17-7-15(8-18(36-2)19(17)25)29-21-20-22(33(12-28-20)11-13-9-24(26,27)10-13)32-23(31-21)30-14-3-5-16(34)6-4-14/h7-8,12-14,16,34H,3-6,9-11H2,1-2H3,(H2,29,30,31,32). The summed E-state index contributed by atoms with van der Waals surface area (Å²) in [5.41, 5.74) is 1.68. The van der Waals surface area contributed by atoms with E-state index in [2.05, 4.69) is 20.6 Å². The molecular formula is C24H29ClF2N6O3. The van der Waals surface area contributed by atoms with Crippen molar-refractivity contribution in [1.29, 1.82) is 0 Å². The van der Waals surface area contributed by atoms with Gasteiger partial charge >= 0.3 is 0 Å². The van der Waals surface area contributed by atoms with Crippen LogP contribution in [0, 0.1) is 5.92 Å². The molecule has 5 rings (SSSR count). The van der Waals surface area contributed by atoms with Gasteiger partial charge in [-0.3, -0.25) is 0 Å². The minimum atomic E-state index is -2.59. The van der Waals surface area contributed by atoms with Crippen molar-refractivity contribution >= 4 is 40.2 Å². The molecular weight excluding hydrogens is 494 g/mol. The number of nitrogens with one attached hydrogen (secondary N) is 2. The molecule has 2 aliphatic rings. The van der Waals surface area contributed by atoms with E-state index in [0.29, 0.717) is 64.5 Å². The molecule has 9 nitrogen and oxygen atoms in total. The Balaban J connectivity index is 1.49. The fourth-order valence-corrected chi connectivity index (χ4v) is 5.17. The fourth-order valence-electron chi connectivity index (χ4n) is 4.90. The number of benzene rings is 1. The summed E-state index contributed by atoms with van der Waals surface area (Å²) in [5, 5.41) is 16.8. The number of halogens is 3. The van der Waals surface area contributed by atoms with Crippen molar-refractivity contribution in [1.82, 2.24) is 19.5 Å². The number of anilines is 3. The molecule has 2 heterocycles. The molecule has 2 fully saturated rings. The van der Waals surface area contributed by atoms with E-state index >= 15 is 0 Å². The number of methoxy groups -OCH3 is 2. The molecule has 2 aliphatic carbocycles. The normalized spacial score (nSPS) is 21.7. The number of hydrogen-bond donors (Lipinski definition) is 3. The Hall–Kier alpha value is -2.92. The predicted molar refractivity (Wildman–Crippen MR) is 133 cm³/mol. The van der Waals surface area contributed by atoms with Gasteiger partial charge in [0.15, 0.2) is 17.0 Å². The van der Waals surface area contributed by atoms with Gasteiger partial charge in [0, 0.05) is 43.2 Å². The van der Waals surface area contributed by atoms with Crippen LogP contribution in [-0.2, 0) is 6.54 Å². The number of imidazole rings is 1. The number of fused-ring (bicyclic) bond motifs is 1. The highest BCUT2D eigenvalue weighted by Gasteiger charge is 2.45. The number of aromatic nitrogens is 4. The van der Waals surface area contributed by atoms with Gasteiger partial charge in [-0.05, 0) is 31.6 Å². The summed E-state index contributed by atoms with van der Waals surface area (Å²) in [6.07, 6.45) is 4.09. The minimum Gasteiger partial charge on any atom is -0.495 e. The van der Waals surface area contributed by atoms with E-state index in [1.807, 2.05) is 0 Å². The van der Waals surface area contributed by atoms with Crippen molar-refractivity contribution in [2.75, 3.05) is 24.9 Å². The lowest BCUT2D eigenvalue weighted by Crippen LogP contribution is -2.37. The molecule has 0 radical (unpaired) electrons. The molecule has 12 heteroatoms. The first kappa shape index (κ1) is 24.8. The van der Waals surface area contributed by atoms with Gasteiger partial charge in [-0.2, -0.15) is 9.97 Å². The van der Waals surface area contributed by atoms with E-state index in [0.717, 1.165) is 12.8 Å². The van der Waals surface area contributed by atoms with E-state index in [-0.39, 0.29) is 30.9 Å². The number of hydrogen-bond acceptors (Lipinski definition) is 8. The highest BCUT2D eigenvalue weighted by atomic mass is 35.5. The van der Waals surface area contributed by atoms with Crippen molar-refractivity contribution in [3.63, 3.8) is 0 Å². The summed E-state index contributed by atoms with van der Waals surface area (Å²) in [5.74, 6) is -1.01.